The van der Waals surface area contributed by atoms with Crippen LogP contribution in [0.4, 0.5) is 8.78 Å². The summed E-state index contributed by atoms with van der Waals surface area (Å²) < 4.78 is 40.9. The van der Waals surface area contributed by atoms with Crippen molar-refractivity contribution in [2.75, 3.05) is 0 Å². The van der Waals surface area contributed by atoms with Gasteiger partial charge in [-0.3, -0.25) is 0 Å². The van der Waals surface area contributed by atoms with E-state index in [1.54, 1.807) is 0 Å². The van der Waals surface area contributed by atoms with E-state index in [2.05, 4.69) is 0 Å². The summed E-state index contributed by atoms with van der Waals surface area (Å²) in [6, 6.07) is 0. The van der Waals surface area contributed by atoms with Gasteiger partial charge in [0.25, 0.3) is 0 Å². The van der Waals surface area contributed by atoms with Crippen LogP contribution >= 0.6 is 0 Å². The lowest BCUT2D eigenvalue weighted by atomic mass is 10.5. The highest BCUT2D eigenvalue weighted by atomic mass is 32.2. The van der Waals surface area contributed by atoms with Crippen LogP contribution in [-0.2, 0) is 11.1 Å². The molecule has 8 heavy (non-hydrogen) atoms. The molecule has 1 unspecified atom stereocenters. The van der Waals surface area contributed by atoms with E-state index in [9.17, 15) is 13.0 Å². The maximum atomic E-state index is 11.7. The van der Waals surface area contributed by atoms with Gasteiger partial charge in [-0.2, -0.15) is 8.78 Å². The van der Waals surface area contributed by atoms with Crippen LogP contribution in [0.3, 0.4) is 0 Å². The highest BCUT2D eigenvalue weighted by Gasteiger charge is 2.33. The van der Waals surface area contributed by atoms with Crippen molar-refractivity contribution in [3.05, 3.63) is 0 Å². The lowest BCUT2D eigenvalue weighted by Crippen LogP contribution is -2.20. The van der Waals surface area contributed by atoms with Crippen molar-refractivity contribution in [2.24, 2.45) is 0 Å². The number of halogens is 2. The van der Waals surface area contributed by atoms with Gasteiger partial charge in [-0.25, -0.2) is 4.21 Å². The maximum absolute atomic E-state index is 11.7. The fourth-order valence-electron chi connectivity index (χ4n) is 0.123. The number of rotatable bonds is 2. The van der Waals surface area contributed by atoms with E-state index in [1.807, 2.05) is 0 Å². The topological polar surface area (TPSA) is 37.3 Å². The zero-order chi connectivity index (χ0) is 6.78. The second kappa shape index (κ2) is 2.50. The van der Waals surface area contributed by atoms with Crippen molar-refractivity contribution in [2.45, 2.75) is 18.6 Å². The molecule has 0 aromatic heterocycles. The molecule has 0 aromatic carbocycles. The molecule has 0 bridgehead atoms. The van der Waals surface area contributed by atoms with Gasteiger partial charge in [0.2, 0.25) is 11.1 Å². The first-order valence-electron chi connectivity index (χ1n) is 1.99. The van der Waals surface area contributed by atoms with Gasteiger partial charge in [-0.05, 0) is 0 Å². The van der Waals surface area contributed by atoms with Gasteiger partial charge in [0, 0.05) is 6.42 Å². The normalized spacial score (nSPS) is 16.0. The van der Waals surface area contributed by atoms with E-state index in [4.69, 9.17) is 4.55 Å². The van der Waals surface area contributed by atoms with Crippen molar-refractivity contribution in [1.82, 2.24) is 0 Å². The summed E-state index contributed by atoms with van der Waals surface area (Å²) >= 11 is -3.01. The molecule has 0 aromatic rings. The molecule has 0 saturated carbocycles. The Morgan fingerprint density at radius 2 is 2.12 bits per heavy atom. The van der Waals surface area contributed by atoms with Crippen LogP contribution in [0.25, 0.3) is 0 Å². The Kier molecular flexibility index (Phi) is 2.49. The molecule has 50 valence electrons. The Bertz CT molecular complexity index is 103. The summed E-state index contributed by atoms with van der Waals surface area (Å²) in [5.74, 6) is 0. The van der Waals surface area contributed by atoms with Gasteiger partial charge >= 0.3 is 5.25 Å². The van der Waals surface area contributed by atoms with E-state index >= 15 is 0 Å². The van der Waals surface area contributed by atoms with E-state index in [0.29, 0.717) is 0 Å². The maximum Gasteiger partial charge on any atom is 0.344 e. The third-order valence-corrected chi connectivity index (χ3v) is 1.47. The SMILES string of the molecule is CCC(F)(F)S(=O)O. The smallest absolute Gasteiger partial charge is 0.301 e. The van der Waals surface area contributed by atoms with Gasteiger partial charge in [0.05, 0.1) is 0 Å². The van der Waals surface area contributed by atoms with Crippen LogP contribution in [0.15, 0.2) is 0 Å². The van der Waals surface area contributed by atoms with E-state index in [0.717, 1.165) is 6.92 Å². The Morgan fingerprint density at radius 1 is 1.75 bits per heavy atom. The van der Waals surface area contributed by atoms with Crippen molar-refractivity contribution in [1.29, 1.82) is 0 Å². The minimum Gasteiger partial charge on any atom is -0.301 e. The zero-order valence-corrected chi connectivity index (χ0v) is 5.04. The first-order valence-corrected chi connectivity index (χ1v) is 3.10. The molecular formula is C3H6F2O2S. The molecule has 0 rings (SSSR count). The summed E-state index contributed by atoms with van der Waals surface area (Å²) in [5, 5.41) is -3.43. The van der Waals surface area contributed by atoms with Gasteiger partial charge in [0.1, 0.15) is 0 Å². The Balaban J connectivity index is 3.91. The van der Waals surface area contributed by atoms with Crippen LogP contribution in [-0.4, -0.2) is 14.0 Å². The third kappa shape index (κ3) is 1.83. The van der Waals surface area contributed by atoms with Crippen molar-refractivity contribution in [3.8, 4) is 0 Å². The molecule has 1 N–H and O–H groups in total. The van der Waals surface area contributed by atoms with Crippen LogP contribution in [0, 0.1) is 0 Å². The molecule has 0 radical (unpaired) electrons. The molecule has 0 spiro atoms. The second-order valence-electron chi connectivity index (χ2n) is 1.24. The number of alkyl halides is 2. The Labute approximate surface area is 48.2 Å². The second-order valence-corrected chi connectivity index (χ2v) is 2.34. The number of hydrogen-bond donors (Lipinski definition) is 1. The predicted octanol–water partition coefficient (Wildman–Crippen LogP) is 1.21. The first-order chi connectivity index (χ1) is 3.50. The number of hydrogen-bond acceptors (Lipinski definition) is 1. The van der Waals surface area contributed by atoms with Gasteiger partial charge in [-0.1, -0.05) is 6.92 Å². The molecule has 0 heterocycles. The zero-order valence-electron chi connectivity index (χ0n) is 4.23. The molecule has 0 fully saturated rings. The quantitative estimate of drug-likeness (QED) is 0.591. The molecule has 0 aliphatic rings. The molecule has 5 heteroatoms. The summed E-state index contributed by atoms with van der Waals surface area (Å²) in [5.41, 5.74) is 0. The monoisotopic (exact) mass is 144 g/mol. The lowest BCUT2D eigenvalue weighted by molar-refractivity contribution is 0.0860. The minimum atomic E-state index is -3.43. The van der Waals surface area contributed by atoms with Gasteiger partial charge in [-0.15, -0.1) is 0 Å². The minimum absolute atomic E-state index is 0.601. The largest absolute Gasteiger partial charge is 0.344 e. The lowest BCUT2D eigenvalue weighted by Gasteiger charge is -2.05. The summed E-state index contributed by atoms with van der Waals surface area (Å²) in [7, 11) is 0. The molecule has 0 saturated heterocycles. The van der Waals surface area contributed by atoms with E-state index < -0.39 is 22.8 Å². The average molecular weight is 144 g/mol. The molecule has 0 aliphatic carbocycles. The predicted molar refractivity (Wildman–Crippen MR) is 26.0 cm³/mol. The van der Waals surface area contributed by atoms with E-state index in [-0.39, 0.29) is 0 Å². The Morgan fingerprint density at radius 3 is 2.12 bits per heavy atom. The van der Waals surface area contributed by atoms with Crippen LogP contribution < -0.4 is 0 Å². The molecule has 1 atom stereocenters. The molecule has 0 amide bonds. The van der Waals surface area contributed by atoms with E-state index in [1.165, 1.54) is 0 Å². The molecule has 2 nitrogen and oxygen atoms in total. The fourth-order valence-corrected chi connectivity index (χ4v) is 0.370. The average Bonchev–Trinajstić information content (AvgIpc) is 1.67. The van der Waals surface area contributed by atoms with Crippen molar-refractivity contribution < 1.29 is 17.5 Å². The van der Waals surface area contributed by atoms with Crippen LogP contribution in [0.1, 0.15) is 13.3 Å². The summed E-state index contributed by atoms with van der Waals surface area (Å²) in [6.45, 7) is 1.15. The highest BCUT2D eigenvalue weighted by molar-refractivity contribution is 7.80. The standard InChI is InChI=1S/C3H6F2O2S/c1-2-3(4,5)8(6)7/h2H2,1H3,(H,6,7). The summed E-state index contributed by atoms with van der Waals surface area (Å²) in [4.78, 5) is 0. The summed E-state index contributed by atoms with van der Waals surface area (Å²) in [6.07, 6.45) is -0.601. The molecular weight excluding hydrogens is 138 g/mol. The van der Waals surface area contributed by atoms with Crippen molar-refractivity contribution >= 4 is 11.1 Å². The van der Waals surface area contributed by atoms with Gasteiger partial charge < -0.3 is 4.55 Å². The van der Waals surface area contributed by atoms with Crippen LogP contribution in [0.5, 0.6) is 0 Å². The first kappa shape index (κ1) is 7.97. The van der Waals surface area contributed by atoms with Gasteiger partial charge in [0.15, 0.2) is 0 Å². The van der Waals surface area contributed by atoms with Crippen molar-refractivity contribution in [3.63, 3.8) is 0 Å². The Hall–Kier alpha value is -0.0300. The fraction of sp³-hybridized carbons (Fsp3) is 1.00. The van der Waals surface area contributed by atoms with Crippen LogP contribution in [0.2, 0.25) is 0 Å². The highest BCUT2D eigenvalue weighted by Crippen LogP contribution is 2.20. The third-order valence-electron chi connectivity index (χ3n) is 0.667. The molecule has 0 aliphatic heterocycles.